The Morgan fingerprint density at radius 1 is 1.15 bits per heavy atom. The maximum Gasteiger partial charge on any atom is 0.258 e. The first-order chi connectivity index (χ1) is 19.6. The van der Waals surface area contributed by atoms with Crippen molar-refractivity contribution in [2.24, 2.45) is 7.05 Å². The van der Waals surface area contributed by atoms with Gasteiger partial charge in [0.1, 0.15) is 22.9 Å². The van der Waals surface area contributed by atoms with Crippen molar-refractivity contribution in [3.63, 3.8) is 0 Å². The summed E-state index contributed by atoms with van der Waals surface area (Å²) in [5.74, 6) is -1.12. The third-order valence-corrected chi connectivity index (χ3v) is 6.38. The van der Waals surface area contributed by atoms with Crippen molar-refractivity contribution in [1.29, 1.82) is 0 Å². The molecule has 1 heterocycles. The van der Waals surface area contributed by atoms with Crippen molar-refractivity contribution < 1.29 is 23.5 Å². The quantitative estimate of drug-likeness (QED) is 0.317. The topological polar surface area (TPSA) is 122 Å². The Morgan fingerprint density at radius 2 is 1.85 bits per heavy atom. The zero-order valence-corrected chi connectivity index (χ0v) is 24.1. The molecule has 1 aliphatic carbocycles. The first-order valence-corrected chi connectivity index (χ1v) is 13.4. The number of amides is 3. The van der Waals surface area contributed by atoms with Gasteiger partial charge in [-0.05, 0) is 56.5 Å². The second kappa shape index (κ2) is 13.6. The van der Waals surface area contributed by atoms with Gasteiger partial charge in [0.25, 0.3) is 17.4 Å². The van der Waals surface area contributed by atoms with Crippen LogP contribution in [-0.4, -0.2) is 42.5 Å². The number of benzene rings is 2. The Morgan fingerprint density at radius 3 is 2.46 bits per heavy atom. The van der Waals surface area contributed by atoms with E-state index in [4.69, 9.17) is 4.74 Å². The fraction of sp³-hybridized carbons (Fsp3) is 0.333. The molecule has 10 nitrogen and oxygen atoms in total. The van der Waals surface area contributed by atoms with Crippen LogP contribution >= 0.6 is 0 Å². The molecule has 11 heteroatoms. The summed E-state index contributed by atoms with van der Waals surface area (Å²) in [4.78, 5) is 52.2. The molecule has 0 bridgehead atoms. The molecule has 0 aliphatic heterocycles. The number of ether oxygens (including phenoxy) is 1. The summed E-state index contributed by atoms with van der Waals surface area (Å²) in [7, 11) is 2.86. The molecule has 0 radical (unpaired) electrons. The summed E-state index contributed by atoms with van der Waals surface area (Å²) < 4.78 is 21.5. The van der Waals surface area contributed by atoms with Crippen molar-refractivity contribution in [2.45, 2.75) is 46.6 Å². The van der Waals surface area contributed by atoms with Crippen LogP contribution in [0.4, 0.5) is 27.3 Å². The van der Waals surface area contributed by atoms with Gasteiger partial charge in [-0.1, -0.05) is 26.0 Å². The molecular weight excluding hydrogens is 529 g/mol. The van der Waals surface area contributed by atoms with E-state index in [9.17, 15) is 23.6 Å². The van der Waals surface area contributed by atoms with E-state index >= 15 is 0 Å². The summed E-state index contributed by atoms with van der Waals surface area (Å²) in [5, 5.41) is 8.24. The molecule has 0 unspecified atom stereocenters. The minimum Gasteiger partial charge on any atom is -0.484 e. The van der Waals surface area contributed by atoms with E-state index in [2.05, 4.69) is 16.0 Å². The van der Waals surface area contributed by atoms with Crippen LogP contribution in [0.15, 0.2) is 47.3 Å². The summed E-state index contributed by atoms with van der Waals surface area (Å²) >= 11 is 0. The zero-order chi connectivity index (χ0) is 30.3. The highest BCUT2D eigenvalue weighted by Crippen LogP contribution is 2.36. The van der Waals surface area contributed by atoms with Crippen LogP contribution < -0.4 is 31.1 Å². The summed E-state index contributed by atoms with van der Waals surface area (Å²) in [6.45, 7) is 7.03. The SMILES string of the molecule is CC.CNC(=O)c1c(N(C=O)c2cccc(OCC(=O)NC3CC3)c2)c(C)c(=O)n(C)c1Nc1ccc(C)cc1F. The van der Waals surface area contributed by atoms with E-state index in [1.165, 1.54) is 43.8 Å². The predicted octanol–water partition coefficient (Wildman–Crippen LogP) is 4.22. The molecule has 1 saturated carbocycles. The lowest BCUT2D eigenvalue weighted by Crippen LogP contribution is -2.33. The number of aryl methyl sites for hydroxylation is 1. The molecule has 1 fully saturated rings. The molecule has 2 aromatic carbocycles. The van der Waals surface area contributed by atoms with Crippen LogP contribution in [0.2, 0.25) is 0 Å². The van der Waals surface area contributed by atoms with Crippen molar-refractivity contribution in [3.8, 4) is 5.75 Å². The van der Waals surface area contributed by atoms with Gasteiger partial charge in [-0.2, -0.15) is 0 Å². The fourth-order valence-corrected chi connectivity index (χ4v) is 4.17. The van der Waals surface area contributed by atoms with Gasteiger partial charge in [0, 0.05) is 31.8 Å². The Kier molecular flexibility index (Phi) is 10.2. The first-order valence-electron chi connectivity index (χ1n) is 13.4. The molecule has 0 spiro atoms. The molecule has 1 aliphatic rings. The minimum absolute atomic E-state index is 0.00120. The van der Waals surface area contributed by atoms with Crippen LogP contribution in [0, 0.1) is 19.7 Å². The van der Waals surface area contributed by atoms with E-state index in [0.29, 0.717) is 23.4 Å². The minimum atomic E-state index is -0.602. The smallest absolute Gasteiger partial charge is 0.258 e. The van der Waals surface area contributed by atoms with Crippen molar-refractivity contribution >= 4 is 41.1 Å². The monoisotopic (exact) mass is 565 g/mol. The van der Waals surface area contributed by atoms with Gasteiger partial charge in [0.05, 0.1) is 17.1 Å². The average molecular weight is 566 g/mol. The third kappa shape index (κ3) is 7.10. The molecule has 0 saturated heterocycles. The van der Waals surface area contributed by atoms with E-state index in [0.717, 1.165) is 17.7 Å². The van der Waals surface area contributed by atoms with Crippen molar-refractivity contribution in [1.82, 2.24) is 15.2 Å². The number of carbonyl (C=O) groups excluding carboxylic acids is 3. The van der Waals surface area contributed by atoms with Gasteiger partial charge < -0.3 is 20.7 Å². The van der Waals surface area contributed by atoms with E-state index < -0.39 is 17.3 Å². The van der Waals surface area contributed by atoms with Crippen LogP contribution in [0.5, 0.6) is 5.75 Å². The summed E-state index contributed by atoms with van der Waals surface area (Å²) in [5.41, 5.74) is 0.636. The molecule has 3 amide bonds. The van der Waals surface area contributed by atoms with Crippen LogP contribution in [0.25, 0.3) is 0 Å². The van der Waals surface area contributed by atoms with Gasteiger partial charge in [-0.15, -0.1) is 0 Å². The second-order valence-corrected chi connectivity index (χ2v) is 9.35. The van der Waals surface area contributed by atoms with Crippen molar-refractivity contribution in [2.75, 3.05) is 23.9 Å². The van der Waals surface area contributed by atoms with Gasteiger partial charge in [-0.3, -0.25) is 28.6 Å². The number of hydrogen-bond donors (Lipinski definition) is 3. The van der Waals surface area contributed by atoms with Crippen LogP contribution in [-0.2, 0) is 16.6 Å². The number of halogens is 1. The lowest BCUT2D eigenvalue weighted by molar-refractivity contribution is -0.123. The highest BCUT2D eigenvalue weighted by molar-refractivity contribution is 6.08. The zero-order valence-electron chi connectivity index (χ0n) is 24.1. The summed E-state index contributed by atoms with van der Waals surface area (Å²) in [6.07, 6.45) is 2.38. The third-order valence-electron chi connectivity index (χ3n) is 6.38. The van der Waals surface area contributed by atoms with E-state index in [1.807, 2.05) is 13.8 Å². The number of nitrogens with one attached hydrogen (secondary N) is 3. The first kappa shape index (κ1) is 30.9. The number of pyridine rings is 1. The average Bonchev–Trinajstić information content (AvgIpc) is 3.79. The molecule has 41 heavy (non-hydrogen) atoms. The second-order valence-electron chi connectivity index (χ2n) is 9.35. The Labute approximate surface area is 238 Å². The molecule has 1 aromatic heterocycles. The highest BCUT2D eigenvalue weighted by atomic mass is 19.1. The van der Waals surface area contributed by atoms with E-state index in [-0.39, 0.29) is 46.9 Å². The van der Waals surface area contributed by atoms with E-state index in [1.54, 1.807) is 31.2 Å². The van der Waals surface area contributed by atoms with Gasteiger partial charge in [0.2, 0.25) is 6.41 Å². The standard InChI is InChI=1S/C28H30FN5O5.C2H6/c1-16-8-11-22(21(29)12-16)32-26-24(27(37)30-3)25(17(2)28(38)33(26)4)34(15-35)19-6-5-7-20(13-19)39-14-23(36)31-18-9-10-18;1-2/h5-8,11-13,15,18,32H,9-10,14H2,1-4H3,(H,30,37)(H,31,36);1-2H3. The Balaban J connectivity index is 0.00000226. The van der Waals surface area contributed by atoms with Crippen molar-refractivity contribution in [3.05, 3.63) is 75.3 Å². The number of carbonyl (C=O) groups is 3. The maximum absolute atomic E-state index is 14.7. The van der Waals surface area contributed by atoms with Gasteiger partial charge in [-0.25, -0.2) is 4.39 Å². The van der Waals surface area contributed by atoms with Gasteiger partial charge >= 0.3 is 0 Å². The maximum atomic E-state index is 14.7. The highest BCUT2D eigenvalue weighted by Gasteiger charge is 2.28. The molecule has 3 N–H and O–H groups in total. The predicted molar refractivity (Wildman–Crippen MR) is 157 cm³/mol. The number of anilines is 4. The Hall–Kier alpha value is -4.67. The number of aromatic nitrogens is 1. The number of nitrogens with zero attached hydrogens (tertiary/aromatic N) is 2. The molecule has 0 atom stereocenters. The largest absolute Gasteiger partial charge is 0.484 e. The summed E-state index contributed by atoms with van der Waals surface area (Å²) in [6, 6.07) is 11.1. The normalized spacial score (nSPS) is 12.0. The lowest BCUT2D eigenvalue weighted by atomic mass is 10.1. The fourth-order valence-electron chi connectivity index (χ4n) is 4.17. The number of hydrogen-bond acceptors (Lipinski definition) is 6. The molecule has 4 rings (SSSR count). The number of rotatable bonds is 10. The molecule has 218 valence electrons. The van der Waals surface area contributed by atoms with Crippen LogP contribution in [0.3, 0.4) is 0 Å². The Bertz CT molecular complexity index is 1500. The van der Waals surface area contributed by atoms with Crippen LogP contribution in [0.1, 0.15) is 48.2 Å². The lowest BCUT2D eigenvalue weighted by Gasteiger charge is -2.26. The molecule has 3 aromatic rings. The van der Waals surface area contributed by atoms with Gasteiger partial charge in [0.15, 0.2) is 6.61 Å². The molecular formula is C30H36FN5O5.